The molecule has 0 spiro atoms. The molecular weight excluding hydrogens is 446 g/mol. The number of nitrogens with zero attached hydrogens (tertiary/aromatic N) is 4. The molecule has 2 aromatic carbocycles. The van der Waals surface area contributed by atoms with Gasteiger partial charge in [-0.15, -0.1) is 10.2 Å². The van der Waals surface area contributed by atoms with E-state index in [1.165, 1.54) is 36.0 Å². The summed E-state index contributed by atoms with van der Waals surface area (Å²) in [7, 11) is 1.61. The Labute approximate surface area is 195 Å². The van der Waals surface area contributed by atoms with Crippen molar-refractivity contribution < 1.29 is 19.2 Å². The molecule has 0 saturated heterocycles. The highest BCUT2D eigenvalue weighted by atomic mass is 32.2. The molecule has 3 aromatic rings. The number of hydrogen-bond donors (Lipinski definition) is 1. The molecule has 1 heterocycles. The summed E-state index contributed by atoms with van der Waals surface area (Å²) >= 11 is 1.26. The minimum Gasteiger partial charge on any atom is -0.497 e. The zero-order chi connectivity index (χ0) is 24.0. The van der Waals surface area contributed by atoms with Gasteiger partial charge in [-0.2, -0.15) is 0 Å². The lowest BCUT2D eigenvalue weighted by Crippen LogP contribution is -2.16. The molecule has 1 unspecified atom stereocenters. The molecule has 1 amide bonds. The van der Waals surface area contributed by atoms with Crippen molar-refractivity contribution in [3.63, 3.8) is 0 Å². The number of hydrogen-bond acceptors (Lipinski definition) is 8. The zero-order valence-corrected chi connectivity index (χ0v) is 19.5. The molecule has 11 heteroatoms. The Morgan fingerprint density at radius 3 is 2.30 bits per heavy atom. The van der Waals surface area contributed by atoms with Crippen molar-refractivity contribution in [1.82, 2.24) is 14.8 Å². The largest absolute Gasteiger partial charge is 0.497 e. The van der Waals surface area contributed by atoms with Gasteiger partial charge in [0.25, 0.3) is 5.69 Å². The molecule has 0 radical (unpaired) electrons. The number of methoxy groups -OCH3 is 1. The molecule has 1 atom stereocenters. The number of aromatic nitrogens is 3. The van der Waals surface area contributed by atoms with Gasteiger partial charge in [0.15, 0.2) is 17.1 Å². The molecular formula is C22H25N5O5S. The summed E-state index contributed by atoms with van der Waals surface area (Å²) in [5.41, 5.74) is 0.449. The van der Waals surface area contributed by atoms with E-state index in [2.05, 4.69) is 15.5 Å². The van der Waals surface area contributed by atoms with E-state index >= 15 is 0 Å². The molecule has 33 heavy (non-hydrogen) atoms. The van der Waals surface area contributed by atoms with Crippen LogP contribution in [0.2, 0.25) is 0 Å². The third kappa shape index (κ3) is 6.22. The van der Waals surface area contributed by atoms with Crippen molar-refractivity contribution in [2.75, 3.05) is 18.2 Å². The van der Waals surface area contributed by atoms with Crippen molar-refractivity contribution in [3.8, 4) is 11.5 Å². The fourth-order valence-corrected chi connectivity index (χ4v) is 3.93. The average molecular weight is 472 g/mol. The van der Waals surface area contributed by atoms with E-state index in [-0.39, 0.29) is 29.5 Å². The molecule has 3 rings (SSSR count). The van der Waals surface area contributed by atoms with E-state index in [0.717, 1.165) is 5.75 Å². The summed E-state index contributed by atoms with van der Waals surface area (Å²) in [6.07, 6.45) is -0.364. The van der Waals surface area contributed by atoms with Gasteiger partial charge in [0, 0.05) is 23.9 Å². The summed E-state index contributed by atoms with van der Waals surface area (Å²) in [5.74, 6) is 1.93. The quantitative estimate of drug-likeness (QED) is 0.258. The van der Waals surface area contributed by atoms with Crippen molar-refractivity contribution in [1.29, 1.82) is 0 Å². The van der Waals surface area contributed by atoms with Gasteiger partial charge in [-0.1, -0.05) is 11.8 Å². The fourth-order valence-electron chi connectivity index (χ4n) is 3.05. The van der Waals surface area contributed by atoms with Gasteiger partial charge in [0.1, 0.15) is 11.5 Å². The third-order valence-electron chi connectivity index (χ3n) is 4.64. The lowest BCUT2D eigenvalue weighted by Gasteiger charge is -2.19. The summed E-state index contributed by atoms with van der Waals surface area (Å²) in [4.78, 5) is 22.6. The SMILES string of the molecule is COc1ccc(OC(C)c2nnc(SCC(=O)Nc3ccc([N+](=O)[O-])cc3)n2C(C)C)cc1. The number of amides is 1. The fraction of sp³-hybridized carbons (Fsp3) is 0.318. The highest BCUT2D eigenvalue weighted by Crippen LogP contribution is 2.28. The second-order valence-corrected chi connectivity index (χ2v) is 8.32. The predicted octanol–water partition coefficient (Wildman–Crippen LogP) is 4.65. The second-order valence-electron chi connectivity index (χ2n) is 7.38. The van der Waals surface area contributed by atoms with Crippen LogP contribution in [-0.2, 0) is 4.79 Å². The third-order valence-corrected chi connectivity index (χ3v) is 5.58. The van der Waals surface area contributed by atoms with Crippen LogP contribution in [0.5, 0.6) is 11.5 Å². The minimum absolute atomic E-state index is 0.0362. The lowest BCUT2D eigenvalue weighted by molar-refractivity contribution is -0.384. The molecule has 1 N–H and O–H groups in total. The van der Waals surface area contributed by atoms with Crippen LogP contribution < -0.4 is 14.8 Å². The van der Waals surface area contributed by atoms with Crippen LogP contribution >= 0.6 is 11.8 Å². The Morgan fingerprint density at radius 2 is 1.73 bits per heavy atom. The van der Waals surface area contributed by atoms with E-state index in [9.17, 15) is 14.9 Å². The molecule has 0 fully saturated rings. The van der Waals surface area contributed by atoms with E-state index in [1.807, 2.05) is 49.6 Å². The monoisotopic (exact) mass is 471 g/mol. The van der Waals surface area contributed by atoms with E-state index < -0.39 is 4.92 Å². The van der Waals surface area contributed by atoms with Gasteiger partial charge in [0.05, 0.1) is 17.8 Å². The van der Waals surface area contributed by atoms with Gasteiger partial charge in [-0.25, -0.2) is 0 Å². The second kappa shape index (κ2) is 10.8. The van der Waals surface area contributed by atoms with Crippen molar-refractivity contribution in [2.24, 2.45) is 0 Å². The molecule has 1 aromatic heterocycles. The van der Waals surface area contributed by atoms with Crippen LogP contribution in [0, 0.1) is 10.1 Å². The topological polar surface area (TPSA) is 121 Å². The number of benzene rings is 2. The van der Waals surface area contributed by atoms with Crippen LogP contribution in [0.15, 0.2) is 53.7 Å². The first-order chi connectivity index (χ1) is 15.8. The van der Waals surface area contributed by atoms with Gasteiger partial charge >= 0.3 is 0 Å². The first kappa shape index (κ1) is 24.1. The maximum Gasteiger partial charge on any atom is 0.269 e. The number of rotatable bonds is 10. The molecule has 174 valence electrons. The zero-order valence-electron chi connectivity index (χ0n) is 18.7. The number of non-ortho nitro benzene ring substituents is 1. The van der Waals surface area contributed by atoms with Crippen molar-refractivity contribution in [3.05, 3.63) is 64.5 Å². The molecule has 0 bridgehead atoms. The molecule has 0 saturated carbocycles. The van der Waals surface area contributed by atoms with Crippen molar-refractivity contribution >= 4 is 29.0 Å². The number of nitro benzene ring substituents is 1. The highest BCUT2D eigenvalue weighted by molar-refractivity contribution is 7.99. The van der Waals surface area contributed by atoms with Crippen LogP contribution in [0.4, 0.5) is 11.4 Å². The average Bonchev–Trinajstić information content (AvgIpc) is 3.23. The van der Waals surface area contributed by atoms with E-state index in [4.69, 9.17) is 9.47 Å². The van der Waals surface area contributed by atoms with Crippen LogP contribution in [0.3, 0.4) is 0 Å². The minimum atomic E-state index is -0.489. The molecule has 0 aliphatic heterocycles. The Kier molecular flexibility index (Phi) is 7.88. The predicted molar refractivity (Wildman–Crippen MR) is 125 cm³/mol. The number of carbonyl (C=O) groups is 1. The molecule has 0 aliphatic carbocycles. The van der Waals surface area contributed by atoms with E-state index in [0.29, 0.717) is 22.4 Å². The first-order valence-electron chi connectivity index (χ1n) is 10.2. The maximum absolute atomic E-state index is 12.4. The Morgan fingerprint density at radius 1 is 1.09 bits per heavy atom. The smallest absolute Gasteiger partial charge is 0.269 e. The van der Waals surface area contributed by atoms with E-state index in [1.54, 1.807) is 7.11 Å². The Hall–Kier alpha value is -3.60. The lowest BCUT2D eigenvalue weighted by atomic mass is 10.3. The molecule has 0 aliphatic rings. The van der Waals surface area contributed by atoms with Gasteiger partial charge in [-0.05, 0) is 57.2 Å². The standard InChI is InChI=1S/C22H25N5O5S/c1-14(2)26-21(15(3)32-19-11-9-18(31-4)10-12-19)24-25-22(26)33-13-20(28)23-16-5-7-17(8-6-16)27(29)30/h5-12,14-15H,13H2,1-4H3,(H,23,28). The first-order valence-corrected chi connectivity index (χ1v) is 11.2. The Bertz CT molecular complexity index is 1100. The number of carbonyl (C=O) groups excluding carboxylic acids is 1. The normalized spacial score (nSPS) is 11.8. The van der Waals surface area contributed by atoms with Crippen LogP contribution in [0.25, 0.3) is 0 Å². The summed E-state index contributed by atoms with van der Waals surface area (Å²) in [5, 5.41) is 22.6. The number of anilines is 1. The van der Waals surface area contributed by atoms with Crippen LogP contribution in [0.1, 0.15) is 38.7 Å². The number of nitrogens with one attached hydrogen (secondary N) is 1. The van der Waals surface area contributed by atoms with Gasteiger partial charge in [-0.3, -0.25) is 14.9 Å². The Balaban J connectivity index is 1.64. The summed E-state index contributed by atoms with van der Waals surface area (Å²) in [6.45, 7) is 5.91. The molecule has 10 nitrogen and oxygen atoms in total. The maximum atomic E-state index is 12.4. The van der Waals surface area contributed by atoms with Gasteiger partial charge in [0.2, 0.25) is 5.91 Å². The van der Waals surface area contributed by atoms with Gasteiger partial charge < -0.3 is 19.4 Å². The van der Waals surface area contributed by atoms with Crippen LogP contribution in [-0.4, -0.2) is 38.5 Å². The summed E-state index contributed by atoms with van der Waals surface area (Å²) < 4.78 is 13.1. The van der Waals surface area contributed by atoms with Crippen molar-refractivity contribution in [2.45, 2.75) is 38.1 Å². The summed E-state index contributed by atoms with van der Waals surface area (Å²) in [6, 6.07) is 13.0. The number of nitro groups is 1. The highest BCUT2D eigenvalue weighted by Gasteiger charge is 2.22. The number of thioether (sulfide) groups is 1. The number of ether oxygens (including phenoxy) is 2.